The summed E-state index contributed by atoms with van der Waals surface area (Å²) in [5, 5.41) is 0. The normalized spacial score (nSPS) is 28.8. The van der Waals surface area contributed by atoms with Gasteiger partial charge in [-0.15, -0.1) is 0 Å². The number of esters is 2. The van der Waals surface area contributed by atoms with Crippen LogP contribution in [0.3, 0.4) is 0 Å². The summed E-state index contributed by atoms with van der Waals surface area (Å²) in [6.07, 6.45) is 13.3. The van der Waals surface area contributed by atoms with E-state index in [0.717, 1.165) is 6.42 Å². The van der Waals surface area contributed by atoms with Crippen molar-refractivity contribution < 1.29 is 23.9 Å². The third-order valence-electron chi connectivity index (χ3n) is 6.93. The van der Waals surface area contributed by atoms with Gasteiger partial charge in [0.15, 0.2) is 11.9 Å². The average Bonchev–Trinajstić information content (AvgIpc) is 3.18. The van der Waals surface area contributed by atoms with Gasteiger partial charge in [0.25, 0.3) is 0 Å². The second-order valence-electron chi connectivity index (χ2n) is 9.83. The number of hydrogen-bond donors (Lipinski definition) is 0. The Bertz CT molecular complexity index is 987. The van der Waals surface area contributed by atoms with Crippen molar-refractivity contribution in [1.82, 2.24) is 9.55 Å². The predicted molar refractivity (Wildman–Crippen MR) is 129 cm³/mol. The van der Waals surface area contributed by atoms with Crippen molar-refractivity contribution >= 4 is 23.8 Å². The monoisotopic (exact) mass is 468 g/mol. The Morgan fingerprint density at radius 3 is 2.62 bits per heavy atom. The van der Waals surface area contributed by atoms with E-state index >= 15 is 0 Å². The van der Waals surface area contributed by atoms with Crippen molar-refractivity contribution in [2.24, 2.45) is 30.7 Å². The Morgan fingerprint density at radius 2 is 1.97 bits per heavy atom. The highest BCUT2D eigenvalue weighted by atomic mass is 16.5. The number of hydrogen-bond acceptors (Lipinski definition) is 6. The molecule has 0 spiro atoms. The van der Waals surface area contributed by atoms with Gasteiger partial charge in [0.05, 0.1) is 12.0 Å². The van der Waals surface area contributed by atoms with Crippen molar-refractivity contribution in [3.8, 4) is 0 Å². The SMILES string of the molecule is CC(=O)O[C@H]1C[C@@H]2[C@@H](C(C)C)CC=C(C)[C@@H]2C[C@H](OC(=O)/C=C/c2cn(C)cn2)C/C=C\C1=O. The average molecular weight is 469 g/mol. The largest absolute Gasteiger partial charge is 0.459 e. The molecule has 3 rings (SSSR count). The van der Waals surface area contributed by atoms with Crippen molar-refractivity contribution in [1.29, 1.82) is 0 Å². The first-order valence-electron chi connectivity index (χ1n) is 12.0. The van der Waals surface area contributed by atoms with Crippen LogP contribution in [0.2, 0.25) is 0 Å². The Labute approximate surface area is 201 Å². The van der Waals surface area contributed by atoms with Crippen molar-refractivity contribution in [3.05, 3.63) is 48.1 Å². The fourth-order valence-electron chi connectivity index (χ4n) is 5.22. The van der Waals surface area contributed by atoms with Gasteiger partial charge in [-0.05, 0) is 62.0 Å². The third-order valence-corrected chi connectivity index (χ3v) is 6.93. The van der Waals surface area contributed by atoms with Crippen LogP contribution >= 0.6 is 0 Å². The number of aryl methyl sites for hydroxylation is 1. The molecule has 0 saturated carbocycles. The van der Waals surface area contributed by atoms with Crippen LogP contribution in [0, 0.1) is 23.7 Å². The summed E-state index contributed by atoms with van der Waals surface area (Å²) in [5.74, 6) is -0.0541. The zero-order chi connectivity index (χ0) is 24.8. The molecule has 2 aliphatic carbocycles. The van der Waals surface area contributed by atoms with Crippen LogP contribution in [0.4, 0.5) is 0 Å². The van der Waals surface area contributed by atoms with Crippen LogP contribution in [0.25, 0.3) is 6.08 Å². The third kappa shape index (κ3) is 6.78. The van der Waals surface area contributed by atoms with Gasteiger partial charge >= 0.3 is 11.9 Å². The number of fused-ring (bicyclic) bond motifs is 1. The van der Waals surface area contributed by atoms with Crippen LogP contribution in [0.5, 0.6) is 0 Å². The maximum absolute atomic E-state index is 12.9. The molecule has 184 valence electrons. The van der Waals surface area contributed by atoms with Crippen LogP contribution in [0.15, 0.2) is 42.4 Å². The minimum atomic E-state index is -0.784. The maximum Gasteiger partial charge on any atom is 0.331 e. The molecule has 0 unspecified atom stereocenters. The van der Waals surface area contributed by atoms with Gasteiger partial charge in [0.2, 0.25) is 0 Å². The Hall–Kier alpha value is -2.96. The van der Waals surface area contributed by atoms with Crippen LogP contribution in [-0.2, 0) is 30.9 Å². The van der Waals surface area contributed by atoms with Gasteiger partial charge in [-0.3, -0.25) is 9.59 Å². The lowest BCUT2D eigenvalue weighted by atomic mass is 9.64. The highest BCUT2D eigenvalue weighted by molar-refractivity contribution is 5.94. The number of allylic oxidation sites excluding steroid dienone is 2. The summed E-state index contributed by atoms with van der Waals surface area (Å²) >= 11 is 0. The van der Waals surface area contributed by atoms with E-state index in [1.807, 2.05) is 13.2 Å². The highest BCUT2D eigenvalue weighted by Crippen LogP contribution is 2.44. The molecule has 7 heteroatoms. The highest BCUT2D eigenvalue weighted by Gasteiger charge is 2.40. The summed E-state index contributed by atoms with van der Waals surface area (Å²) in [5.41, 5.74) is 1.92. The minimum absolute atomic E-state index is 0.135. The van der Waals surface area contributed by atoms with Crippen LogP contribution in [0.1, 0.15) is 59.1 Å². The van der Waals surface area contributed by atoms with E-state index in [0.29, 0.717) is 36.8 Å². The van der Waals surface area contributed by atoms with Crippen molar-refractivity contribution in [3.63, 3.8) is 0 Å². The number of rotatable bonds is 5. The van der Waals surface area contributed by atoms with E-state index in [-0.39, 0.29) is 23.7 Å². The molecular weight excluding hydrogens is 432 g/mol. The van der Waals surface area contributed by atoms with E-state index in [1.54, 1.807) is 23.0 Å². The first kappa shape index (κ1) is 25.7. The zero-order valence-electron chi connectivity index (χ0n) is 20.8. The van der Waals surface area contributed by atoms with Gasteiger partial charge in [-0.25, -0.2) is 9.78 Å². The van der Waals surface area contributed by atoms with Crippen LogP contribution < -0.4 is 0 Å². The van der Waals surface area contributed by atoms with E-state index in [4.69, 9.17) is 9.47 Å². The summed E-state index contributed by atoms with van der Waals surface area (Å²) < 4.78 is 13.1. The molecule has 1 aromatic heterocycles. The van der Waals surface area contributed by atoms with Gasteiger partial charge in [-0.2, -0.15) is 0 Å². The number of ether oxygens (including phenoxy) is 2. The number of carbonyl (C=O) groups is 3. The lowest BCUT2D eigenvalue weighted by Crippen LogP contribution is -2.39. The molecule has 0 fully saturated rings. The standard InChI is InChI=1S/C27H36N2O5/c1-17(2)22-11-9-18(3)23-13-21(34-27(32)12-10-20-15-29(5)16-28-20)7-6-8-25(31)26(14-24(22)23)33-19(4)30/h6,8-10,12,15-17,21-24,26H,7,11,13-14H2,1-5H3/b8-6-,12-10+/t21-,22-,23+,24-,26+/m1/s1. The lowest BCUT2D eigenvalue weighted by Gasteiger charge is -2.42. The Balaban J connectivity index is 1.85. The van der Waals surface area contributed by atoms with Crippen LogP contribution in [-0.4, -0.2) is 39.5 Å². The van der Waals surface area contributed by atoms with Gasteiger partial charge < -0.3 is 14.0 Å². The molecule has 0 aliphatic heterocycles. The maximum atomic E-state index is 12.9. The Morgan fingerprint density at radius 1 is 1.21 bits per heavy atom. The molecule has 7 nitrogen and oxygen atoms in total. The molecule has 0 N–H and O–H groups in total. The van der Waals surface area contributed by atoms with Gasteiger partial charge in [0, 0.05) is 32.7 Å². The van der Waals surface area contributed by atoms with E-state index in [9.17, 15) is 14.4 Å². The second-order valence-corrected chi connectivity index (χ2v) is 9.83. The molecule has 0 bridgehead atoms. The molecule has 0 saturated heterocycles. The zero-order valence-corrected chi connectivity index (χ0v) is 20.8. The number of carbonyl (C=O) groups excluding carboxylic acids is 3. The molecular formula is C27H36N2O5. The van der Waals surface area contributed by atoms with Gasteiger partial charge in [0.1, 0.15) is 6.10 Å². The second kappa shape index (κ2) is 11.4. The smallest absolute Gasteiger partial charge is 0.331 e. The molecule has 2 aliphatic rings. The van der Waals surface area contributed by atoms with E-state index in [1.165, 1.54) is 24.6 Å². The summed E-state index contributed by atoms with van der Waals surface area (Å²) in [7, 11) is 1.86. The molecule has 34 heavy (non-hydrogen) atoms. The summed E-state index contributed by atoms with van der Waals surface area (Å²) in [4.78, 5) is 41.4. The molecule has 0 radical (unpaired) electrons. The van der Waals surface area contributed by atoms with Crippen molar-refractivity contribution in [2.75, 3.05) is 0 Å². The van der Waals surface area contributed by atoms with Gasteiger partial charge in [-0.1, -0.05) is 31.6 Å². The number of imidazole rings is 1. The first-order chi connectivity index (χ1) is 16.1. The Kier molecular flexibility index (Phi) is 8.64. The number of nitrogens with zero attached hydrogens (tertiary/aromatic N) is 2. The predicted octanol–water partition coefficient (Wildman–Crippen LogP) is 4.44. The number of ketones is 1. The van der Waals surface area contributed by atoms with E-state index in [2.05, 4.69) is 31.8 Å². The lowest BCUT2D eigenvalue weighted by molar-refractivity contribution is -0.153. The molecule has 5 atom stereocenters. The molecule has 1 aromatic rings. The number of aromatic nitrogens is 2. The molecule has 0 amide bonds. The molecule has 0 aromatic carbocycles. The topological polar surface area (TPSA) is 87.5 Å². The van der Waals surface area contributed by atoms with E-state index < -0.39 is 18.0 Å². The fourth-order valence-corrected chi connectivity index (χ4v) is 5.22. The minimum Gasteiger partial charge on any atom is -0.459 e. The quantitative estimate of drug-likeness (QED) is 0.361. The fraction of sp³-hybridized carbons (Fsp3) is 0.556. The summed E-state index contributed by atoms with van der Waals surface area (Å²) in [6, 6.07) is 0. The first-order valence-corrected chi connectivity index (χ1v) is 12.0. The molecule has 1 heterocycles. The van der Waals surface area contributed by atoms with Crippen molar-refractivity contribution in [2.45, 2.75) is 65.6 Å². The summed E-state index contributed by atoms with van der Waals surface area (Å²) in [6.45, 7) is 7.83.